The Morgan fingerprint density at radius 2 is 1.90 bits per heavy atom. The summed E-state index contributed by atoms with van der Waals surface area (Å²) in [5, 5.41) is 3.84. The molecule has 2 heterocycles. The molecule has 1 atom stereocenters. The standard InChI is InChI=1S/C24H26N4O3/c1-4-16(2)26-21(29)14-28-19-11-7-6-10-18(19)22-23(28)24(30)27(15-25-22)13-17-9-5-8-12-20(17)31-3/h5-12,15-16H,4,13-14H2,1-3H3,(H,26,29). The summed E-state index contributed by atoms with van der Waals surface area (Å²) < 4.78 is 8.75. The predicted octanol–water partition coefficient (Wildman–Crippen LogP) is 3.32. The Bertz CT molecular complexity index is 1310. The van der Waals surface area contributed by atoms with Crippen molar-refractivity contribution in [2.75, 3.05) is 7.11 Å². The van der Waals surface area contributed by atoms with E-state index in [1.54, 1.807) is 22.6 Å². The van der Waals surface area contributed by atoms with E-state index < -0.39 is 0 Å². The second-order valence-electron chi connectivity index (χ2n) is 7.67. The third-order valence-corrected chi connectivity index (χ3v) is 5.59. The fourth-order valence-electron chi connectivity index (χ4n) is 3.81. The minimum Gasteiger partial charge on any atom is -0.496 e. The number of para-hydroxylation sites is 2. The number of aromatic nitrogens is 3. The molecule has 0 saturated carbocycles. The number of rotatable bonds is 7. The van der Waals surface area contributed by atoms with Crippen molar-refractivity contribution < 1.29 is 9.53 Å². The number of amides is 1. The molecular formula is C24H26N4O3. The van der Waals surface area contributed by atoms with Gasteiger partial charge in [0.05, 0.1) is 25.5 Å². The Morgan fingerprint density at radius 3 is 2.68 bits per heavy atom. The average molecular weight is 418 g/mol. The van der Waals surface area contributed by atoms with E-state index in [9.17, 15) is 9.59 Å². The van der Waals surface area contributed by atoms with E-state index in [4.69, 9.17) is 4.74 Å². The van der Waals surface area contributed by atoms with Crippen LogP contribution in [-0.2, 0) is 17.9 Å². The van der Waals surface area contributed by atoms with Crippen LogP contribution in [0.4, 0.5) is 0 Å². The van der Waals surface area contributed by atoms with Gasteiger partial charge in [-0.1, -0.05) is 43.3 Å². The molecule has 0 bridgehead atoms. The first kappa shape index (κ1) is 20.7. The van der Waals surface area contributed by atoms with E-state index in [1.165, 1.54) is 0 Å². The summed E-state index contributed by atoms with van der Waals surface area (Å²) in [7, 11) is 1.61. The van der Waals surface area contributed by atoms with Crippen LogP contribution >= 0.6 is 0 Å². The fraction of sp³-hybridized carbons (Fsp3) is 0.292. The highest BCUT2D eigenvalue weighted by atomic mass is 16.5. The van der Waals surface area contributed by atoms with Crippen molar-refractivity contribution in [1.82, 2.24) is 19.4 Å². The molecule has 0 spiro atoms. The number of ether oxygens (including phenoxy) is 1. The molecule has 2 aromatic carbocycles. The molecule has 0 fully saturated rings. The van der Waals surface area contributed by atoms with Gasteiger partial charge in [-0.3, -0.25) is 14.2 Å². The zero-order valence-electron chi connectivity index (χ0n) is 18.0. The van der Waals surface area contributed by atoms with Gasteiger partial charge >= 0.3 is 0 Å². The number of methoxy groups -OCH3 is 1. The number of hydrogen-bond acceptors (Lipinski definition) is 4. The molecule has 160 valence electrons. The third-order valence-electron chi connectivity index (χ3n) is 5.59. The molecule has 7 heteroatoms. The van der Waals surface area contributed by atoms with Crippen molar-refractivity contribution in [3.63, 3.8) is 0 Å². The van der Waals surface area contributed by atoms with Gasteiger partial charge in [-0.25, -0.2) is 4.98 Å². The Kier molecular flexibility index (Phi) is 5.75. The summed E-state index contributed by atoms with van der Waals surface area (Å²) in [5.41, 5.74) is 2.54. The Morgan fingerprint density at radius 1 is 1.16 bits per heavy atom. The molecule has 0 radical (unpaired) electrons. The van der Waals surface area contributed by atoms with E-state index in [1.807, 2.05) is 62.4 Å². The molecule has 1 N–H and O–H groups in total. The first-order valence-electron chi connectivity index (χ1n) is 10.4. The van der Waals surface area contributed by atoms with Crippen LogP contribution in [0.2, 0.25) is 0 Å². The van der Waals surface area contributed by atoms with Gasteiger partial charge in [-0.2, -0.15) is 0 Å². The first-order valence-corrected chi connectivity index (χ1v) is 10.4. The lowest BCUT2D eigenvalue weighted by atomic mass is 10.2. The number of benzene rings is 2. The molecule has 0 aliphatic carbocycles. The van der Waals surface area contributed by atoms with Gasteiger partial charge in [0.15, 0.2) is 0 Å². The summed E-state index contributed by atoms with van der Waals surface area (Å²) >= 11 is 0. The van der Waals surface area contributed by atoms with E-state index in [0.717, 1.165) is 22.9 Å². The fourth-order valence-corrected chi connectivity index (χ4v) is 3.81. The van der Waals surface area contributed by atoms with Crippen LogP contribution in [0.5, 0.6) is 5.75 Å². The Balaban J connectivity index is 1.84. The molecule has 1 amide bonds. The molecule has 0 saturated heterocycles. The van der Waals surface area contributed by atoms with Crippen molar-refractivity contribution in [1.29, 1.82) is 0 Å². The number of hydrogen-bond donors (Lipinski definition) is 1. The van der Waals surface area contributed by atoms with Crippen LogP contribution in [0.25, 0.3) is 21.9 Å². The van der Waals surface area contributed by atoms with Crippen molar-refractivity contribution >= 4 is 27.8 Å². The maximum Gasteiger partial charge on any atom is 0.278 e. The van der Waals surface area contributed by atoms with Crippen LogP contribution in [0.3, 0.4) is 0 Å². The van der Waals surface area contributed by atoms with Crippen LogP contribution in [0, 0.1) is 0 Å². The van der Waals surface area contributed by atoms with Crippen LogP contribution in [0.15, 0.2) is 59.7 Å². The minimum absolute atomic E-state index is 0.0595. The summed E-state index contributed by atoms with van der Waals surface area (Å²) in [6.07, 6.45) is 2.40. The topological polar surface area (TPSA) is 78.2 Å². The molecule has 4 aromatic rings. The summed E-state index contributed by atoms with van der Waals surface area (Å²) in [5.74, 6) is 0.583. The minimum atomic E-state index is -0.191. The van der Waals surface area contributed by atoms with Crippen molar-refractivity contribution in [3.05, 3.63) is 70.8 Å². The third kappa shape index (κ3) is 3.91. The van der Waals surface area contributed by atoms with E-state index >= 15 is 0 Å². The molecule has 0 aliphatic rings. The first-order chi connectivity index (χ1) is 15.0. The Labute approximate surface area is 180 Å². The quantitative estimate of drug-likeness (QED) is 0.499. The maximum absolute atomic E-state index is 13.5. The normalized spacial score (nSPS) is 12.2. The maximum atomic E-state index is 13.5. The lowest BCUT2D eigenvalue weighted by Gasteiger charge is -2.13. The highest BCUT2D eigenvalue weighted by Gasteiger charge is 2.19. The lowest BCUT2D eigenvalue weighted by Crippen LogP contribution is -2.35. The largest absolute Gasteiger partial charge is 0.496 e. The second kappa shape index (κ2) is 8.63. The highest BCUT2D eigenvalue weighted by molar-refractivity contribution is 6.06. The molecule has 0 aliphatic heterocycles. The number of fused-ring (bicyclic) bond motifs is 3. The van der Waals surface area contributed by atoms with Gasteiger partial charge in [-0.15, -0.1) is 0 Å². The average Bonchev–Trinajstić information content (AvgIpc) is 3.10. The van der Waals surface area contributed by atoms with E-state index in [0.29, 0.717) is 23.3 Å². The molecular weight excluding hydrogens is 392 g/mol. The monoisotopic (exact) mass is 418 g/mol. The van der Waals surface area contributed by atoms with Crippen molar-refractivity contribution in [2.24, 2.45) is 0 Å². The SMILES string of the molecule is CCC(C)NC(=O)Cn1c2ccccc2c2ncn(Cc3ccccc3OC)c(=O)c21. The zero-order valence-corrected chi connectivity index (χ0v) is 18.0. The summed E-state index contributed by atoms with van der Waals surface area (Å²) in [6, 6.07) is 15.3. The van der Waals surface area contributed by atoms with Crippen LogP contribution in [0.1, 0.15) is 25.8 Å². The smallest absolute Gasteiger partial charge is 0.278 e. The van der Waals surface area contributed by atoms with Gasteiger partial charge in [-0.05, 0) is 25.5 Å². The second-order valence-corrected chi connectivity index (χ2v) is 7.67. The number of carbonyl (C=O) groups excluding carboxylic acids is 1. The molecule has 1 unspecified atom stereocenters. The number of nitrogens with one attached hydrogen (secondary N) is 1. The molecule has 4 rings (SSSR count). The van der Waals surface area contributed by atoms with Gasteiger partial charge < -0.3 is 14.6 Å². The molecule has 2 aromatic heterocycles. The number of carbonyl (C=O) groups is 1. The van der Waals surface area contributed by atoms with Crippen LogP contribution < -0.4 is 15.6 Å². The highest BCUT2D eigenvalue weighted by Crippen LogP contribution is 2.25. The zero-order chi connectivity index (χ0) is 22.0. The predicted molar refractivity (Wildman–Crippen MR) is 121 cm³/mol. The van der Waals surface area contributed by atoms with Gasteiger partial charge in [0.25, 0.3) is 5.56 Å². The summed E-state index contributed by atoms with van der Waals surface area (Å²) in [6.45, 7) is 4.37. The van der Waals surface area contributed by atoms with Crippen molar-refractivity contribution in [2.45, 2.75) is 39.4 Å². The summed E-state index contributed by atoms with van der Waals surface area (Å²) in [4.78, 5) is 30.8. The van der Waals surface area contributed by atoms with Crippen molar-refractivity contribution in [3.8, 4) is 5.75 Å². The number of nitrogens with zero attached hydrogens (tertiary/aromatic N) is 3. The van der Waals surface area contributed by atoms with Gasteiger partial charge in [0, 0.05) is 17.0 Å². The molecule has 31 heavy (non-hydrogen) atoms. The van der Waals surface area contributed by atoms with E-state index in [2.05, 4.69) is 10.3 Å². The van der Waals surface area contributed by atoms with Gasteiger partial charge in [0.2, 0.25) is 5.91 Å². The van der Waals surface area contributed by atoms with E-state index in [-0.39, 0.29) is 24.1 Å². The lowest BCUT2D eigenvalue weighted by molar-refractivity contribution is -0.122. The molecule has 7 nitrogen and oxygen atoms in total. The van der Waals surface area contributed by atoms with Gasteiger partial charge in [0.1, 0.15) is 23.3 Å². The van der Waals surface area contributed by atoms with Crippen LogP contribution in [-0.4, -0.2) is 33.2 Å². The Hall–Kier alpha value is -3.61.